The van der Waals surface area contributed by atoms with Crippen LogP contribution in [0, 0.1) is 0 Å². The summed E-state index contributed by atoms with van der Waals surface area (Å²) in [7, 11) is 1.42. The van der Waals surface area contributed by atoms with E-state index in [-0.39, 0.29) is 28.6 Å². The van der Waals surface area contributed by atoms with Crippen molar-refractivity contribution in [3.8, 4) is 5.75 Å². The van der Waals surface area contributed by atoms with Crippen molar-refractivity contribution in [2.24, 2.45) is 0 Å². The second-order valence-corrected chi connectivity index (χ2v) is 8.05. The molecule has 2 heterocycles. The van der Waals surface area contributed by atoms with Gasteiger partial charge in [-0.2, -0.15) is 13.2 Å². The lowest BCUT2D eigenvalue weighted by Gasteiger charge is -2.38. The number of amides is 1. The Hall–Kier alpha value is -2.33. The van der Waals surface area contributed by atoms with Gasteiger partial charge in [-0.25, -0.2) is 0 Å². The molecule has 0 aromatic heterocycles. The summed E-state index contributed by atoms with van der Waals surface area (Å²) in [5.74, 6) is -1.67. The van der Waals surface area contributed by atoms with Crippen LogP contribution < -0.4 is 9.64 Å². The van der Waals surface area contributed by atoms with Crippen molar-refractivity contribution in [2.75, 3.05) is 18.6 Å². The summed E-state index contributed by atoms with van der Waals surface area (Å²) in [5, 5.41) is 20.4. The van der Waals surface area contributed by atoms with Crippen molar-refractivity contribution in [3.05, 3.63) is 58.1 Å². The third kappa shape index (κ3) is 3.55. The SMILES string of the molecule is C[C@@H](c1ccc(C2OC2O)cc1Cl)[C@](O)(c1ccc2c(c1)N(C)C(=O)CO2)C(F)(F)F. The number of hydrogen-bond acceptors (Lipinski definition) is 5. The monoisotopic (exact) mass is 457 g/mol. The fourth-order valence-electron chi connectivity index (χ4n) is 3.81. The molecule has 0 aliphatic carbocycles. The molecule has 2 aliphatic heterocycles. The summed E-state index contributed by atoms with van der Waals surface area (Å²) in [5.41, 5.74) is -3.03. The molecule has 0 bridgehead atoms. The van der Waals surface area contributed by atoms with E-state index in [0.717, 1.165) is 12.1 Å². The lowest BCUT2D eigenvalue weighted by Crippen LogP contribution is -2.47. The number of carbonyl (C=O) groups is 1. The Morgan fingerprint density at radius 2 is 1.90 bits per heavy atom. The molecular formula is C21H19ClF3NO5. The van der Waals surface area contributed by atoms with E-state index in [0.29, 0.717) is 5.56 Å². The summed E-state index contributed by atoms with van der Waals surface area (Å²) in [6, 6.07) is 7.83. The molecule has 1 fully saturated rings. The Kier molecular flexibility index (Phi) is 5.20. The quantitative estimate of drug-likeness (QED) is 0.685. The molecule has 2 unspecified atom stereocenters. The molecule has 2 N–H and O–H groups in total. The molecule has 10 heteroatoms. The number of aliphatic hydroxyl groups excluding tert-OH is 1. The number of alkyl halides is 3. The Labute approximate surface area is 180 Å². The maximum absolute atomic E-state index is 14.3. The molecule has 1 amide bonds. The van der Waals surface area contributed by atoms with Crippen molar-refractivity contribution >= 4 is 23.2 Å². The van der Waals surface area contributed by atoms with Crippen molar-refractivity contribution in [2.45, 2.75) is 37.0 Å². The van der Waals surface area contributed by atoms with E-state index < -0.39 is 41.6 Å². The number of aliphatic hydroxyl groups is 2. The van der Waals surface area contributed by atoms with Crippen LogP contribution in [0.25, 0.3) is 0 Å². The van der Waals surface area contributed by atoms with Gasteiger partial charge in [0.1, 0.15) is 11.9 Å². The van der Waals surface area contributed by atoms with Crippen LogP contribution in [-0.4, -0.2) is 42.2 Å². The van der Waals surface area contributed by atoms with E-state index in [4.69, 9.17) is 21.1 Å². The van der Waals surface area contributed by atoms with Gasteiger partial charge in [0.15, 0.2) is 18.5 Å². The minimum atomic E-state index is -5.06. The lowest BCUT2D eigenvalue weighted by molar-refractivity contribution is -0.274. The summed E-state index contributed by atoms with van der Waals surface area (Å²) in [4.78, 5) is 13.1. The van der Waals surface area contributed by atoms with Gasteiger partial charge in [-0.3, -0.25) is 4.79 Å². The van der Waals surface area contributed by atoms with Crippen LogP contribution in [0.3, 0.4) is 0 Å². The highest BCUT2D eigenvalue weighted by Crippen LogP contribution is 2.51. The molecule has 0 radical (unpaired) electrons. The van der Waals surface area contributed by atoms with Gasteiger partial charge < -0.3 is 24.6 Å². The zero-order chi connectivity index (χ0) is 22.7. The van der Waals surface area contributed by atoms with Crippen molar-refractivity contribution in [3.63, 3.8) is 0 Å². The van der Waals surface area contributed by atoms with Crippen LogP contribution in [0.15, 0.2) is 36.4 Å². The van der Waals surface area contributed by atoms with E-state index in [1.807, 2.05) is 0 Å². The summed E-state index contributed by atoms with van der Waals surface area (Å²) < 4.78 is 53.0. The molecular weight excluding hydrogens is 439 g/mol. The Balaban J connectivity index is 1.78. The first-order valence-corrected chi connectivity index (χ1v) is 9.78. The topological polar surface area (TPSA) is 82.5 Å². The maximum Gasteiger partial charge on any atom is 0.422 e. The summed E-state index contributed by atoms with van der Waals surface area (Å²) in [6.45, 7) is 1.01. The second kappa shape index (κ2) is 7.37. The molecule has 4 rings (SSSR count). The standard InChI is InChI=1S/C21H19ClF3NO5/c1-10(13-5-3-11(7-14(13)22)18-19(28)31-18)20(29,21(23,24)25)12-4-6-16-15(8-12)26(2)17(27)9-30-16/h3-8,10,18-19,28-29H,9H2,1-2H3/t10-,18?,19?,20-/m0/s1. The van der Waals surface area contributed by atoms with Gasteiger partial charge in [0, 0.05) is 18.0 Å². The van der Waals surface area contributed by atoms with E-state index in [9.17, 15) is 28.2 Å². The number of carbonyl (C=O) groups excluding carboxylic acids is 1. The first kappa shape index (κ1) is 21.9. The highest BCUT2D eigenvalue weighted by molar-refractivity contribution is 6.31. The molecule has 31 heavy (non-hydrogen) atoms. The van der Waals surface area contributed by atoms with Crippen LogP contribution in [-0.2, 0) is 15.1 Å². The minimum absolute atomic E-state index is 0.00367. The Morgan fingerprint density at radius 3 is 2.48 bits per heavy atom. The maximum atomic E-state index is 14.3. The number of rotatable bonds is 4. The van der Waals surface area contributed by atoms with Gasteiger partial charge in [0.2, 0.25) is 0 Å². The number of anilines is 1. The highest BCUT2D eigenvalue weighted by atomic mass is 35.5. The first-order chi connectivity index (χ1) is 14.4. The van der Waals surface area contributed by atoms with Gasteiger partial charge in [-0.1, -0.05) is 36.7 Å². The number of epoxide rings is 1. The number of halogens is 4. The van der Waals surface area contributed by atoms with Crippen LogP contribution in [0.1, 0.15) is 35.6 Å². The lowest BCUT2D eigenvalue weighted by atomic mass is 9.77. The number of benzene rings is 2. The molecule has 4 atom stereocenters. The number of fused-ring (bicyclic) bond motifs is 1. The van der Waals surface area contributed by atoms with E-state index >= 15 is 0 Å². The van der Waals surface area contributed by atoms with Crippen molar-refractivity contribution in [1.29, 1.82) is 0 Å². The van der Waals surface area contributed by atoms with Crippen molar-refractivity contribution < 1.29 is 37.7 Å². The molecule has 1 saturated heterocycles. The van der Waals surface area contributed by atoms with Crippen molar-refractivity contribution in [1.82, 2.24) is 0 Å². The molecule has 0 saturated carbocycles. The number of hydrogen-bond donors (Lipinski definition) is 2. The fraction of sp³-hybridized carbons (Fsp3) is 0.381. The first-order valence-electron chi connectivity index (χ1n) is 9.41. The zero-order valence-corrected chi connectivity index (χ0v) is 17.2. The third-order valence-corrected chi connectivity index (χ3v) is 6.16. The predicted octanol–water partition coefficient (Wildman–Crippen LogP) is 3.64. The average Bonchev–Trinajstić information content (AvgIpc) is 3.45. The smallest absolute Gasteiger partial charge is 0.422 e. The van der Waals surface area contributed by atoms with Crippen LogP contribution in [0.4, 0.5) is 18.9 Å². The van der Waals surface area contributed by atoms with Gasteiger partial charge in [-0.15, -0.1) is 0 Å². The third-order valence-electron chi connectivity index (χ3n) is 5.83. The molecule has 6 nitrogen and oxygen atoms in total. The van der Waals surface area contributed by atoms with Gasteiger partial charge in [-0.05, 0) is 34.9 Å². The summed E-state index contributed by atoms with van der Waals surface area (Å²) >= 11 is 6.26. The van der Waals surface area contributed by atoms with E-state index in [2.05, 4.69) is 0 Å². The molecule has 166 valence electrons. The number of ether oxygens (including phenoxy) is 2. The molecule has 2 aromatic rings. The van der Waals surface area contributed by atoms with Gasteiger partial charge >= 0.3 is 6.18 Å². The highest BCUT2D eigenvalue weighted by Gasteiger charge is 2.59. The zero-order valence-electron chi connectivity index (χ0n) is 16.5. The normalized spacial score (nSPS) is 23.6. The summed E-state index contributed by atoms with van der Waals surface area (Å²) in [6.07, 6.45) is -6.60. The van der Waals surface area contributed by atoms with Gasteiger partial charge in [0.25, 0.3) is 5.91 Å². The predicted molar refractivity (Wildman–Crippen MR) is 105 cm³/mol. The van der Waals surface area contributed by atoms with Crippen LogP contribution in [0.5, 0.6) is 5.75 Å². The minimum Gasteiger partial charge on any atom is -0.482 e. The average molecular weight is 458 g/mol. The fourth-order valence-corrected chi connectivity index (χ4v) is 4.17. The molecule has 2 aromatic carbocycles. The molecule has 0 spiro atoms. The van der Waals surface area contributed by atoms with Crippen LogP contribution in [0.2, 0.25) is 5.02 Å². The molecule has 2 aliphatic rings. The number of likely N-dealkylation sites (N-methyl/N-ethyl adjacent to an activating group) is 1. The van der Waals surface area contributed by atoms with E-state index in [1.54, 1.807) is 0 Å². The largest absolute Gasteiger partial charge is 0.482 e. The Bertz CT molecular complexity index is 1050. The van der Waals surface area contributed by atoms with Crippen LogP contribution >= 0.6 is 11.6 Å². The van der Waals surface area contributed by atoms with E-state index in [1.165, 1.54) is 43.1 Å². The Morgan fingerprint density at radius 1 is 1.23 bits per heavy atom. The number of nitrogens with zero attached hydrogens (tertiary/aromatic N) is 1. The van der Waals surface area contributed by atoms with Gasteiger partial charge in [0.05, 0.1) is 5.69 Å². The second-order valence-electron chi connectivity index (χ2n) is 7.64.